The van der Waals surface area contributed by atoms with Crippen molar-refractivity contribution in [2.45, 2.75) is 0 Å². The zero-order valence-electron chi connectivity index (χ0n) is 9.86. The number of H-pyrrole nitrogens is 1. The van der Waals surface area contributed by atoms with Gasteiger partial charge in [-0.3, -0.25) is 0 Å². The summed E-state index contributed by atoms with van der Waals surface area (Å²) in [5.41, 5.74) is 0.729. The van der Waals surface area contributed by atoms with Gasteiger partial charge in [0.05, 0.1) is 20.4 Å². The molecule has 2 aromatic rings. The molecule has 6 heteroatoms. The number of ether oxygens (including phenoxy) is 2. The summed E-state index contributed by atoms with van der Waals surface area (Å²) in [5, 5.41) is 0. The Hall–Kier alpha value is -2.37. The van der Waals surface area contributed by atoms with Gasteiger partial charge in [0.1, 0.15) is 11.5 Å². The van der Waals surface area contributed by atoms with E-state index in [1.54, 1.807) is 6.07 Å². The smallest absolute Gasteiger partial charge is 0.356 e. The summed E-state index contributed by atoms with van der Waals surface area (Å²) >= 11 is 0. The molecule has 0 amide bonds. The third-order valence-electron chi connectivity index (χ3n) is 2.41. The summed E-state index contributed by atoms with van der Waals surface area (Å²) in [5.74, 6) is -0.482. The van der Waals surface area contributed by atoms with E-state index < -0.39 is 11.8 Å². The average Bonchev–Trinajstić information content (AvgIpc) is 2.87. The molecule has 0 saturated carbocycles. The van der Waals surface area contributed by atoms with Gasteiger partial charge >= 0.3 is 5.97 Å². The predicted octanol–water partition coefficient (Wildman–Crippen LogP) is 2.01. The number of carbonyl (C=O) groups is 1. The van der Waals surface area contributed by atoms with Gasteiger partial charge < -0.3 is 14.5 Å². The molecule has 0 aliphatic rings. The fraction of sp³-hybridized carbons (Fsp3) is 0.167. The Morgan fingerprint density at radius 2 is 2.17 bits per heavy atom. The molecule has 1 heterocycles. The van der Waals surface area contributed by atoms with Crippen molar-refractivity contribution in [3.8, 4) is 17.1 Å². The fourth-order valence-corrected chi connectivity index (χ4v) is 1.50. The molecule has 0 radical (unpaired) electrons. The highest BCUT2D eigenvalue weighted by molar-refractivity contribution is 5.87. The van der Waals surface area contributed by atoms with Gasteiger partial charge in [-0.2, -0.15) is 0 Å². The molecule has 18 heavy (non-hydrogen) atoms. The Morgan fingerprint density at radius 1 is 1.39 bits per heavy atom. The van der Waals surface area contributed by atoms with E-state index in [-0.39, 0.29) is 11.4 Å². The summed E-state index contributed by atoms with van der Waals surface area (Å²) in [7, 11) is 2.66. The maximum absolute atomic E-state index is 13.5. The number of imidazole rings is 1. The summed E-state index contributed by atoms with van der Waals surface area (Å²) in [6.45, 7) is 0. The van der Waals surface area contributed by atoms with Crippen LogP contribution in [0.1, 0.15) is 10.5 Å². The normalized spacial score (nSPS) is 10.2. The average molecular weight is 250 g/mol. The van der Waals surface area contributed by atoms with Crippen LogP contribution < -0.4 is 4.74 Å². The number of aromatic nitrogens is 2. The standard InChI is InChI=1S/C12H11FN2O3/c1-17-10-4-3-7(5-8(10)13)11-14-6-9(15-11)12(16)18-2/h3-6H,1-2H3,(H,14,15). The largest absolute Gasteiger partial charge is 0.494 e. The van der Waals surface area contributed by atoms with Gasteiger partial charge in [-0.1, -0.05) is 0 Å². The minimum atomic E-state index is -0.525. The number of methoxy groups -OCH3 is 2. The van der Waals surface area contributed by atoms with E-state index >= 15 is 0 Å². The van der Waals surface area contributed by atoms with E-state index in [2.05, 4.69) is 14.7 Å². The summed E-state index contributed by atoms with van der Waals surface area (Å²) < 4.78 is 22.9. The third kappa shape index (κ3) is 2.17. The molecule has 0 fully saturated rings. The van der Waals surface area contributed by atoms with Gasteiger partial charge in [-0.15, -0.1) is 0 Å². The lowest BCUT2D eigenvalue weighted by Crippen LogP contribution is -2.00. The topological polar surface area (TPSA) is 64.2 Å². The molecule has 94 valence electrons. The van der Waals surface area contributed by atoms with E-state index in [1.165, 1.54) is 32.5 Å². The Bertz CT molecular complexity index is 580. The number of rotatable bonds is 3. The first kappa shape index (κ1) is 12.1. The molecule has 1 aromatic carbocycles. The quantitative estimate of drug-likeness (QED) is 0.846. The van der Waals surface area contributed by atoms with Gasteiger partial charge in [0.2, 0.25) is 0 Å². The molecule has 2 rings (SSSR count). The molecular weight excluding hydrogens is 239 g/mol. The molecule has 0 atom stereocenters. The zero-order valence-corrected chi connectivity index (χ0v) is 9.86. The highest BCUT2D eigenvalue weighted by Crippen LogP contribution is 2.23. The number of hydrogen-bond donors (Lipinski definition) is 1. The number of benzene rings is 1. The highest BCUT2D eigenvalue weighted by atomic mass is 19.1. The maximum Gasteiger partial charge on any atom is 0.356 e. The van der Waals surface area contributed by atoms with Crippen LogP contribution in [-0.4, -0.2) is 30.2 Å². The number of aromatic amines is 1. The number of hydrogen-bond acceptors (Lipinski definition) is 4. The number of carbonyl (C=O) groups excluding carboxylic acids is 1. The lowest BCUT2D eigenvalue weighted by atomic mass is 10.2. The van der Waals surface area contributed by atoms with Gasteiger partial charge in [0, 0.05) is 5.56 Å². The molecule has 0 spiro atoms. The van der Waals surface area contributed by atoms with Crippen molar-refractivity contribution in [1.29, 1.82) is 0 Å². The van der Waals surface area contributed by atoms with Crippen LogP contribution in [0.15, 0.2) is 24.4 Å². The minimum Gasteiger partial charge on any atom is -0.494 e. The number of nitrogens with zero attached hydrogens (tertiary/aromatic N) is 1. The summed E-state index contributed by atoms with van der Waals surface area (Å²) in [6, 6.07) is 4.41. The Labute approximate surface area is 103 Å². The second-order valence-corrected chi connectivity index (χ2v) is 3.49. The second-order valence-electron chi connectivity index (χ2n) is 3.49. The second kappa shape index (κ2) is 4.87. The molecule has 0 aliphatic carbocycles. The van der Waals surface area contributed by atoms with Crippen molar-refractivity contribution in [2.75, 3.05) is 14.2 Å². The van der Waals surface area contributed by atoms with E-state index in [1.807, 2.05) is 0 Å². The van der Waals surface area contributed by atoms with Crippen molar-refractivity contribution in [3.05, 3.63) is 35.9 Å². The van der Waals surface area contributed by atoms with Crippen molar-refractivity contribution in [2.24, 2.45) is 0 Å². The van der Waals surface area contributed by atoms with Crippen molar-refractivity contribution in [3.63, 3.8) is 0 Å². The first-order chi connectivity index (χ1) is 8.65. The van der Waals surface area contributed by atoms with Crippen LogP contribution in [0.25, 0.3) is 11.4 Å². The molecule has 1 aromatic heterocycles. The SMILES string of the molecule is COC(=O)c1cnc(-c2ccc(OC)c(F)c2)[nH]1. The van der Waals surface area contributed by atoms with E-state index in [4.69, 9.17) is 4.74 Å². The fourth-order valence-electron chi connectivity index (χ4n) is 1.50. The van der Waals surface area contributed by atoms with Crippen LogP contribution >= 0.6 is 0 Å². The number of halogens is 1. The number of esters is 1. The molecule has 0 aliphatic heterocycles. The van der Waals surface area contributed by atoms with Gasteiger partial charge in [0.25, 0.3) is 0 Å². The first-order valence-corrected chi connectivity index (χ1v) is 5.13. The van der Waals surface area contributed by atoms with Gasteiger partial charge in [-0.05, 0) is 18.2 Å². The van der Waals surface area contributed by atoms with E-state index in [0.29, 0.717) is 11.4 Å². The Kier molecular flexibility index (Phi) is 3.27. The molecule has 1 N–H and O–H groups in total. The van der Waals surface area contributed by atoms with Crippen LogP contribution in [0.2, 0.25) is 0 Å². The van der Waals surface area contributed by atoms with Crippen LogP contribution in [0, 0.1) is 5.82 Å². The summed E-state index contributed by atoms with van der Waals surface area (Å²) in [4.78, 5) is 18.0. The number of nitrogens with one attached hydrogen (secondary N) is 1. The Balaban J connectivity index is 2.34. The first-order valence-electron chi connectivity index (χ1n) is 5.13. The van der Waals surface area contributed by atoms with Gasteiger partial charge in [0.15, 0.2) is 11.6 Å². The van der Waals surface area contributed by atoms with Crippen LogP contribution in [0.3, 0.4) is 0 Å². The van der Waals surface area contributed by atoms with Gasteiger partial charge in [-0.25, -0.2) is 14.2 Å². The molecule has 0 unspecified atom stereocenters. The van der Waals surface area contributed by atoms with Crippen molar-refractivity contribution >= 4 is 5.97 Å². The zero-order chi connectivity index (χ0) is 13.1. The lowest BCUT2D eigenvalue weighted by Gasteiger charge is -2.03. The van der Waals surface area contributed by atoms with Crippen LogP contribution in [0.5, 0.6) is 5.75 Å². The molecule has 0 saturated heterocycles. The lowest BCUT2D eigenvalue weighted by molar-refractivity contribution is 0.0595. The monoisotopic (exact) mass is 250 g/mol. The molecule has 5 nitrogen and oxygen atoms in total. The minimum absolute atomic E-state index is 0.151. The molecule has 0 bridgehead atoms. The third-order valence-corrected chi connectivity index (χ3v) is 2.41. The van der Waals surface area contributed by atoms with E-state index in [9.17, 15) is 9.18 Å². The summed E-state index contributed by atoms with van der Waals surface area (Å²) in [6.07, 6.45) is 1.34. The maximum atomic E-state index is 13.5. The van der Waals surface area contributed by atoms with Crippen molar-refractivity contribution < 1.29 is 18.7 Å². The predicted molar refractivity (Wildman–Crippen MR) is 61.9 cm³/mol. The van der Waals surface area contributed by atoms with E-state index in [0.717, 1.165) is 0 Å². The highest BCUT2D eigenvalue weighted by Gasteiger charge is 2.12. The van der Waals surface area contributed by atoms with Crippen LogP contribution in [-0.2, 0) is 4.74 Å². The van der Waals surface area contributed by atoms with Crippen LogP contribution in [0.4, 0.5) is 4.39 Å². The molecular formula is C12H11FN2O3. The van der Waals surface area contributed by atoms with Crippen molar-refractivity contribution in [1.82, 2.24) is 9.97 Å². The Morgan fingerprint density at radius 3 is 2.78 bits per heavy atom.